The van der Waals surface area contributed by atoms with Gasteiger partial charge in [0.05, 0.1) is 7.11 Å². The second-order valence-corrected chi connectivity index (χ2v) is 4.29. The zero-order valence-corrected chi connectivity index (χ0v) is 10.9. The Morgan fingerprint density at radius 2 is 2.00 bits per heavy atom. The number of furan rings is 1. The van der Waals surface area contributed by atoms with Crippen LogP contribution in [-0.4, -0.2) is 23.8 Å². The maximum atomic E-state index is 12.0. The predicted octanol–water partition coefficient (Wildman–Crippen LogP) is 2.45. The molecule has 6 heteroatoms. The quantitative estimate of drug-likeness (QED) is 0.643. The number of hydrogen-bond donors (Lipinski definition) is 0. The lowest BCUT2D eigenvalue weighted by Crippen LogP contribution is -2.01. The van der Waals surface area contributed by atoms with Crippen LogP contribution in [0, 0.1) is 0 Å². The molecule has 2 rings (SSSR count). The fourth-order valence-corrected chi connectivity index (χ4v) is 1.71. The van der Waals surface area contributed by atoms with Gasteiger partial charge in [-0.05, 0) is 34.1 Å². The van der Waals surface area contributed by atoms with Crippen molar-refractivity contribution in [1.82, 2.24) is 4.98 Å². The summed E-state index contributed by atoms with van der Waals surface area (Å²) in [7, 11) is 1.24. The number of aromatic nitrogens is 1. The summed E-state index contributed by atoms with van der Waals surface area (Å²) in [5.41, 5.74) is 0.371. The number of methoxy groups -OCH3 is 1. The summed E-state index contributed by atoms with van der Waals surface area (Å²) in [5.74, 6) is -0.917. The SMILES string of the molecule is COC(=O)c1ccc(C(=O)c2cncc(Br)c2)o1. The van der Waals surface area contributed by atoms with Gasteiger partial charge in [-0.15, -0.1) is 0 Å². The van der Waals surface area contributed by atoms with E-state index in [2.05, 4.69) is 25.7 Å². The number of esters is 1. The first-order chi connectivity index (χ1) is 8.61. The van der Waals surface area contributed by atoms with Crippen molar-refractivity contribution in [1.29, 1.82) is 0 Å². The van der Waals surface area contributed by atoms with Crippen LogP contribution >= 0.6 is 15.9 Å². The normalized spacial score (nSPS) is 10.1. The van der Waals surface area contributed by atoms with Crippen LogP contribution in [0.3, 0.4) is 0 Å². The highest BCUT2D eigenvalue weighted by molar-refractivity contribution is 9.10. The van der Waals surface area contributed by atoms with Crippen molar-refractivity contribution >= 4 is 27.7 Å². The fourth-order valence-electron chi connectivity index (χ4n) is 1.35. The van der Waals surface area contributed by atoms with E-state index in [1.165, 1.54) is 25.4 Å². The Balaban J connectivity index is 2.29. The smallest absolute Gasteiger partial charge is 0.373 e. The Morgan fingerprint density at radius 1 is 1.28 bits per heavy atom. The molecule has 0 radical (unpaired) electrons. The average molecular weight is 310 g/mol. The molecule has 0 bridgehead atoms. The largest absolute Gasteiger partial charge is 0.463 e. The van der Waals surface area contributed by atoms with E-state index in [-0.39, 0.29) is 17.3 Å². The highest BCUT2D eigenvalue weighted by atomic mass is 79.9. The Morgan fingerprint density at radius 3 is 2.67 bits per heavy atom. The summed E-state index contributed by atoms with van der Waals surface area (Å²) in [6.45, 7) is 0. The molecule has 0 aliphatic carbocycles. The molecule has 18 heavy (non-hydrogen) atoms. The summed E-state index contributed by atoms with van der Waals surface area (Å²) in [4.78, 5) is 27.1. The second-order valence-electron chi connectivity index (χ2n) is 3.38. The van der Waals surface area contributed by atoms with E-state index >= 15 is 0 Å². The van der Waals surface area contributed by atoms with E-state index in [0.29, 0.717) is 10.0 Å². The lowest BCUT2D eigenvalue weighted by atomic mass is 10.1. The van der Waals surface area contributed by atoms with E-state index in [1.807, 2.05) is 0 Å². The van der Waals surface area contributed by atoms with Gasteiger partial charge in [-0.3, -0.25) is 9.78 Å². The Hall–Kier alpha value is -1.95. The summed E-state index contributed by atoms with van der Waals surface area (Å²) < 4.78 is 10.3. The molecule has 0 aliphatic rings. The first-order valence-corrected chi connectivity index (χ1v) is 5.74. The molecule has 0 fully saturated rings. The summed E-state index contributed by atoms with van der Waals surface area (Å²) in [6, 6.07) is 4.44. The maximum absolute atomic E-state index is 12.0. The topological polar surface area (TPSA) is 69.4 Å². The van der Waals surface area contributed by atoms with E-state index in [1.54, 1.807) is 12.3 Å². The van der Waals surface area contributed by atoms with Gasteiger partial charge in [0.2, 0.25) is 11.5 Å². The highest BCUT2D eigenvalue weighted by Crippen LogP contribution is 2.16. The Bertz CT molecular complexity index is 606. The number of ketones is 1. The zero-order valence-electron chi connectivity index (χ0n) is 9.34. The van der Waals surface area contributed by atoms with Crippen molar-refractivity contribution in [2.45, 2.75) is 0 Å². The molecule has 5 nitrogen and oxygen atoms in total. The number of rotatable bonds is 3. The summed E-state index contributed by atoms with van der Waals surface area (Å²) in [5, 5.41) is 0. The molecule has 0 aromatic carbocycles. The van der Waals surface area contributed by atoms with E-state index in [4.69, 9.17) is 4.42 Å². The van der Waals surface area contributed by atoms with Crippen LogP contribution in [0.25, 0.3) is 0 Å². The number of pyridine rings is 1. The second kappa shape index (κ2) is 5.14. The number of carbonyl (C=O) groups is 2. The Labute approximate surface area is 111 Å². The molecule has 0 saturated heterocycles. The van der Waals surface area contributed by atoms with Crippen molar-refractivity contribution < 1.29 is 18.7 Å². The summed E-state index contributed by atoms with van der Waals surface area (Å²) >= 11 is 3.22. The zero-order chi connectivity index (χ0) is 13.1. The third-order valence-corrected chi connectivity index (χ3v) is 2.62. The molecule has 0 spiro atoms. The van der Waals surface area contributed by atoms with Crippen molar-refractivity contribution in [2.75, 3.05) is 7.11 Å². The minimum atomic E-state index is -0.624. The minimum Gasteiger partial charge on any atom is -0.463 e. The lowest BCUT2D eigenvalue weighted by molar-refractivity contribution is 0.0563. The first-order valence-electron chi connectivity index (χ1n) is 4.95. The molecule has 0 unspecified atom stereocenters. The molecule has 2 aromatic heterocycles. The van der Waals surface area contributed by atoms with Crippen LogP contribution in [0.4, 0.5) is 0 Å². The van der Waals surface area contributed by atoms with Crippen molar-refractivity contribution in [3.8, 4) is 0 Å². The molecule has 0 N–H and O–H groups in total. The van der Waals surface area contributed by atoms with Gasteiger partial charge >= 0.3 is 5.97 Å². The lowest BCUT2D eigenvalue weighted by Gasteiger charge is -1.98. The van der Waals surface area contributed by atoms with Crippen molar-refractivity contribution in [2.24, 2.45) is 0 Å². The van der Waals surface area contributed by atoms with E-state index < -0.39 is 5.97 Å². The number of nitrogens with zero attached hydrogens (tertiary/aromatic N) is 1. The molecule has 92 valence electrons. The predicted molar refractivity (Wildman–Crippen MR) is 65.4 cm³/mol. The van der Waals surface area contributed by atoms with Crippen molar-refractivity contribution in [3.63, 3.8) is 0 Å². The van der Waals surface area contributed by atoms with Crippen LogP contribution in [0.5, 0.6) is 0 Å². The van der Waals surface area contributed by atoms with Crippen LogP contribution in [0.2, 0.25) is 0 Å². The maximum Gasteiger partial charge on any atom is 0.373 e. The molecule has 0 saturated carbocycles. The standard InChI is InChI=1S/C12H8BrNO4/c1-17-12(16)10-3-2-9(18-10)11(15)7-4-8(13)6-14-5-7/h2-6H,1H3. The minimum absolute atomic E-state index is 0.0104. The third-order valence-electron chi connectivity index (χ3n) is 2.18. The Kier molecular flexibility index (Phi) is 3.57. The molecular weight excluding hydrogens is 302 g/mol. The van der Waals surface area contributed by atoms with Gasteiger partial charge in [-0.25, -0.2) is 4.79 Å². The number of ether oxygens (including phenoxy) is 1. The van der Waals surface area contributed by atoms with E-state index in [9.17, 15) is 9.59 Å². The van der Waals surface area contributed by atoms with Crippen LogP contribution < -0.4 is 0 Å². The van der Waals surface area contributed by atoms with Gasteiger partial charge < -0.3 is 9.15 Å². The third kappa shape index (κ3) is 2.48. The van der Waals surface area contributed by atoms with Gasteiger partial charge in [0.15, 0.2) is 5.76 Å². The van der Waals surface area contributed by atoms with Gasteiger partial charge in [0, 0.05) is 22.4 Å². The summed E-state index contributed by atoms with van der Waals surface area (Å²) in [6.07, 6.45) is 2.99. The number of carbonyl (C=O) groups excluding carboxylic acids is 2. The molecule has 2 aromatic rings. The molecule has 2 heterocycles. The number of halogens is 1. The molecule has 0 amide bonds. The molecule has 0 atom stereocenters. The van der Waals surface area contributed by atoms with Crippen molar-refractivity contribution in [3.05, 3.63) is 52.1 Å². The van der Waals surface area contributed by atoms with Crippen LogP contribution in [-0.2, 0) is 4.74 Å². The van der Waals surface area contributed by atoms with Crippen LogP contribution in [0.15, 0.2) is 39.5 Å². The average Bonchev–Trinajstić information content (AvgIpc) is 2.86. The van der Waals surface area contributed by atoms with Gasteiger partial charge in [0.1, 0.15) is 0 Å². The van der Waals surface area contributed by atoms with Gasteiger partial charge in [-0.2, -0.15) is 0 Å². The highest BCUT2D eigenvalue weighted by Gasteiger charge is 2.17. The van der Waals surface area contributed by atoms with E-state index in [0.717, 1.165) is 0 Å². The first kappa shape index (κ1) is 12.5. The van der Waals surface area contributed by atoms with Gasteiger partial charge in [0.25, 0.3) is 0 Å². The number of hydrogen-bond acceptors (Lipinski definition) is 5. The fraction of sp³-hybridized carbons (Fsp3) is 0.0833. The monoisotopic (exact) mass is 309 g/mol. The molecule has 0 aliphatic heterocycles. The molecular formula is C12H8BrNO4. The van der Waals surface area contributed by atoms with Gasteiger partial charge in [-0.1, -0.05) is 0 Å². The van der Waals surface area contributed by atoms with Crippen LogP contribution in [0.1, 0.15) is 26.7 Å².